The van der Waals surface area contributed by atoms with Gasteiger partial charge in [0.05, 0.1) is 12.6 Å². The molecule has 0 bridgehead atoms. The van der Waals surface area contributed by atoms with Crippen LogP contribution in [-0.2, 0) is 9.59 Å². The van der Waals surface area contributed by atoms with Crippen molar-refractivity contribution in [3.8, 4) is 0 Å². The van der Waals surface area contributed by atoms with Gasteiger partial charge in [-0.25, -0.2) is 0 Å². The number of amides is 1. The molecule has 0 aromatic heterocycles. The third kappa shape index (κ3) is 4.03. The maximum absolute atomic E-state index is 11.0. The molecule has 1 N–H and O–H groups in total. The molecular formula is C9H18N2O2. The highest BCUT2D eigenvalue weighted by atomic mass is 16.2. The van der Waals surface area contributed by atoms with Crippen molar-refractivity contribution < 1.29 is 9.59 Å². The Bertz CT molecular complexity index is 192. The van der Waals surface area contributed by atoms with Crippen molar-refractivity contribution in [1.29, 1.82) is 0 Å². The minimum Gasteiger partial charge on any atom is -0.358 e. The molecule has 1 atom stereocenters. The van der Waals surface area contributed by atoms with E-state index in [-0.39, 0.29) is 24.3 Å². The normalized spacial score (nSPS) is 12.7. The average molecular weight is 186 g/mol. The number of Topliss-reactive ketones (excluding diaryl/α,β-unsaturated/α-hetero) is 1. The first-order valence-corrected chi connectivity index (χ1v) is 4.48. The fourth-order valence-corrected chi connectivity index (χ4v) is 1.04. The molecule has 0 aliphatic carbocycles. The molecule has 4 nitrogen and oxygen atoms in total. The second-order valence-electron chi connectivity index (χ2n) is 3.02. The van der Waals surface area contributed by atoms with Gasteiger partial charge in [-0.15, -0.1) is 0 Å². The average Bonchev–Trinajstić information content (AvgIpc) is 2.12. The predicted octanol–water partition coefficient (Wildman–Crippen LogP) is 0.0318. The van der Waals surface area contributed by atoms with Gasteiger partial charge in [-0.2, -0.15) is 0 Å². The summed E-state index contributed by atoms with van der Waals surface area (Å²) in [5.74, 6) is 0.0284. The minimum absolute atomic E-state index is 0.0602. The SMILES string of the molecule is CCN(CC(=O)NC)C(C)C(C)=O. The van der Waals surface area contributed by atoms with Crippen molar-refractivity contribution in [1.82, 2.24) is 10.2 Å². The summed E-state index contributed by atoms with van der Waals surface area (Å²) >= 11 is 0. The van der Waals surface area contributed by atoms with Crippen LogP contribution in [0.25, 0.3) is 0 Å². The van der Waals surface area contributed by atoms with E-state index in [0.29, 0.717) is 6.54 Å². The summed E-state index contributed by atoms with van der Waals surface area (Å²) in [6.45, 7) is 6.27. The molecule has 0 aromatic rings. The summed E-state index contributed by atoms with van der Waals surface area (Å²) in [6, 6.07) is -0.178. The van der Waals surface area contributed by atoms with E-state index in [1.165, 1.54) is 6.92 Å². The van der Waals surface area contributed by atoms with Crippen molar-refractivity contribution in [2.75, 3.05) is 20.1 Å². The van der Waals surface area contributed by atoms with E-state index in [2.05, 4.69) is 5.32 Å². The summed E-state index contributed by atoms with van der Waals surface area (Å²) in [7, 11) is 1.59. The van der Waals surface area contributed by atoms with Gasteiger partial charge in [0.25, 0.3) is 0 Å². The fraction of sp³-hybridized carbons (Fsp3) is 0.778. The van der Waals surface area contributed by atoms with Crippen molar-refractivity contribution in [3.63, 3.8) is 0 Å². The van der Waals surface area contributed by atoms with Crippen LogP contribution in [0.1, 0.15) is 20.8 Å². The molecule has 1 unspecified atom stereocenters. The lowest BCUT2D eigenvalue weighted by molar-refractivity contribution is -0.125. The van der Waals surface area contributed by atoms with Crippen molar-refractivity contribution in [3.05, 3.63) is 0 Å². The number of ketones is 1. The van der Waals surface area contributed by atoms with Crippen LogP contribution in [0.4, 0.5) is 0 Å². The van der Waals surface area contributed by atoms with Gasteiger partial charge in [-0.1, -0.05) is 6.92 Å². The number of carbonyl (C=O) groups excluding carboxylic acids is 2. The quantitative estimate of drug-likeness (QED) is 0.659. The Morgan fingerprint density at radius 3 is 2.31 bits per heavy atom. The van der Waals surface area contributed by atoms with Crippen molar-refractivity contribution in [2.45, 2.75) is 26.8 Å². The van der Waals surface area contributed by atoms with Crippen LogP contribution in [0.3, 0.4) is 0 Å². The Morgan fingerprint density at radius 1 is 1.46 bits per heavy atom. The van der Waals surface area contributed by atoms with Crippen LogP contribution < -0.4 is 5.32 Å². The van der Waals surface area contributed by atoms with Gasteiger partial charge in [0.1, 0.15) is 5.78 Å². The highest BCUT2D eigenvalue weighted by molar-refractivity contribution is 5.83. The standard InChI is InChI=1S/C9H18N2O2/c1-5-11(6-9(13)10-4)7(2)8(3)12/h7H,5-6H2,1-4H3,(H,10,13). The lowest BCUT2D eigenvalue weighted by atomic mass is 10.2. The molecule has 0 radical (unpaired) electrons. The number of nitrogens with one attached hydrogen (secondary N) is 1. The van der Waals surface area contributed by atoms with Crippen LogP contribution in [0, 0.1) is 0 Å². The van der Waals surface area contributed by atoms with Crippen molar-refractivity contribution >= 4 is 11.7 Å². The van der Waals surface area contributed by atoms with E-state index in [4.69, 9.17) is 0 Å². The number of nitrogens with zero attached hydrogens (tertiary/aromatic N) is 1. The molecule has 0 saturated heterocycles. The smallest absolute Gasteiger partial charge is 0.233 e. The van der Waals surface area contributed by atoms with Crippen LogP contribution in [-0.4, -0.2) is 42.8 Å². The Morgan fingerprint density at radius 2 is 2.00 bits per heavy atom. The minimum atomic E-state index is -0.178. The van der Waals surface area contributed by atoms with E-state index >= 15 is 0 Å². The van der Waals surface area contributed by atoms with Gasteiger partial charge in [-0.05, 0) is 20.4 Å². The zero-order valence-corrected chi connectivity index (χ0v) is 8.76. The third-order valence-corrected chi connectivity index (χ3v) is 2.17. The molecule has 1 amide bonds. The number of rotatable bonds is 5. The largest absolute Gasteiger partial charge is 0.358 e. The van der Waals surface area contributed by atoms with E-state index in [9.17, 15) is 9.59 Å². The molecule has 0 heterocycles. The van der Waals surface area contributed by atoms with Crippen LogP contribution in [0.2, 0.25) is 0 Å². The molecule has 4 heteroatoms. The first-order chi connectivity index (χ1) is 6.02. The zero-order valence-electron chi connectivity index (χ0n) is 8.76. The van der Waals surface area contributed by atoms with Crippen LogP contribution >= 0.6 is 0 Å². The number of carbonyl (C=O) groups is 2. The number of hydrogen-bond acceptors (Lipinski definition) is 3. The molecule has 0 aromatic carbocycles. The fourth-order valence-electron chi connectivity index (χ4n) is 1.04. The summed E-state index contributed by atoms with van der Waals surface area (Å²) < 4.78 is 0. The molecule has 13 heavy (non-hydrogen) atoms. The monoisotopic (exact) mass is 186 g/mol. The Kier molecular flexibility index (Phi) is 5.30. The maximum Gasteiger partial charge on any atom is 0.233 e. The Hall–Kier alpha value is -0.900. The molecular weight excluding hydrogens is 168 g/mol. The van der Waals surface area contributed by atoms with Crippen LogP contribution in [0.15, 0.2) is 0 Å². The topological polar surface area (TPSA) is 49.4 Å². The summed E-state index contributed by atoms with van der Waals surface area (Å²) in [4.78, 5) is 23.9. The molecule has 0 saturated carbocycles. The van der Waals surface area contributed by atoms with E-state index in [1.807, 2.05) is 18.7 Å². The van der Waals surface area contributed by atoms with Gasteiger partial charge in [0.2, 0.25) is 5.91 Å². The van der Waals surface area contributed by atoms with Gasteiger partial charge in [0.15, 0.2) is 0 Å². The van der Waals surface area contributed by atoms with E-state index in [1.54, 1.807) is 7.05 Å². The van der Waals surface area contributed by atoms with E-state index < -0.39 is 0 Å². The second kappa shape index (κ2) is 5.70. The highest BCUT2D eigenvalue weighted by Gasteiger charge is 2.17. The van der Waals surface area contributed by atoms with Crippen molar-refractivity contribution in [2.24, 2.45) is 0 Å². The van der Waals surface area contributed by atoms with Gasteiger partial charge >= 0.3 is 0 Å². The molecule has 0 spiro atoms. The Balaban J connectivity index is 4.17. The number of likely N-dealkylation sites (N-methyl/N-ethyl adjacent to an activating group) is 2. The molecule has 0 aliphatic rings. The third-order valence-electron chi connectivity index (χ3n) is 2.17. The number of hydrogen-bond donors (Lipinski definition) is 1. The second-order valence-corrected chi connectivity index (χ2v) is 3.02. The lowest BCUT2D eigenvalue weighted by Gasteiger charge is -2.24. The summed E-state index contributed by atoms with van der Waals surface area (Å²) in [5.41, 5.74) is 0. The lowest BCUT2D eigenvalue weighted by Crippen LogP contribution is -2.43. The maximum atomic E-state index is 11.0. The molecule has 0 rings (SSSR count). The van der Waals surface area contributed by atoms with E-state index in [0.717, 1.165) is 0 Å². The van der Waals surface area contributed by atoms with Gasteiger partial charge < -0.3 is 5.32 Å². The summed E-state index contributed by atoms with van der Waals surface area (Å²) in [5, 5.41) is 2.53. The Labute approximate surface area is 79.3 Å². The molecule has 0 aliphatic heterocycles. The first-order valence-electron chi connectivity index (χ1n) is 4.48. The van der Waals surface area contributed by atoms with Gasteiger partial charge in [0, 0.05) is 7.05 Å². The van der Waals surface area contributed by atoms with Gasteiger partial charge in [-0.3, -0.25) is 14.5 Å². The first kappa shape index (κ1) is 12.1. The highest BCUT2D eigenvalue weighted by Crippen LogP contribution is 1.98. The molecule has 76 valence electrons. The molecule has 0 fully saturated rings. The van der Waals surface area contributed by atoms with Crippen LogP contribution in [0.5, 0.6) is 0 Å². The zero-order chi connectivity index (χ0) is 10.4. The summed E-state index contributed by atoms with van der Waals surface area (Å²) in [6.07, 6.45) is 0. The predicted molar refractivity (Wildman–Crippen MR) is 51.5 cm³/mol.